The van der Waals surface area contributed by atoms with E-state index in [2.05, 4.69) is 0 Å². The Bertz CT molecular complexity index is 213. The molecule has 4 heteroatoms. The van der Waals surface area contributed by atoms with Crippen molar-refractivity contribution in [3.8, 4) is 0 Å². The van der Waals surface area contributed by atoms with Crippen LogP contribution in [0.4, 0.5) is 13.2 Å². The van der Waals surface area contributed by atoms with Crippen molar-refractivity contribution in [3.05, 3.63) is 11.1 Å². The van der Waals surface area contributed by atoms with Crippen molar-refractivity contribution >= 4 is 0 Å². The lowest BCUT2D eigenvalue weighted by Crippen LogP contribution is -2.31. The molecule has 13 heavy (non-hydrogen) atoms. The highest BCUT2D eigenvalue weighted by molar-refractivity contribution is 5.15. The van der Waals surface area contributed by atoms with Gasteiger partial charge < -0.3 is 0 Å². The van der Waals surface area contributed by atoms with E-state index in [9.17, 15) is 13.2 Å². The molecule has 1 fully saturated rings. The Morgan fingerprint density at radius 2 is 2.00 bits per heavy atom. The molecule has 0 aromatic carbocycles. The van der Waals surface area contributed by atoms with Crippen molar-refractivity contribution in [1.29, 1.82) is 0 Å². The molecular weight excluding hydrogens is 179 g/mol. The molecular formula is C9H14F3N. The number of likely N-dealkylation sites (tertiary alicyclic amines) is 1. The minimum Gasteiger partial charge on any atom is -0.291 e. The van der Waals surface area contributed by atoms with E-state index in [4.69, 9.17) is 0 Å². The highest BCUT2D eigenvalue weighted by Gasteiger charge is 2.32. The first-order valence-electron chi connectivity index (χ1n) is 4.33. The SMILES string of the molecule is CC(C)=C1CCN(CC(F)(F)F)C1. The van der Waals surface area contributed by atoms with Crippen LogP contribution in [-0.4, -0.2) is 30.7 Å². The van der Waals surface area contributed by atoms with Gasteiger partial charge in [0.1, 0.15) is 0 Å². The van der Waals surface area contributed by atoms with Gasteiger partial charge in [-0.05, 0) is 20.3 Å². The van der Waals surface area contributed by atoms with E-state index in [1.165, 1.54) is 4.90 Å². The third-order valence-electron chi connectivity index (χ3n) is 2.25. The van der Waals surface area contributed by atoms with Crippen LogP contribution in [0.3, 0.4) is 0 Å². The van der Waals surface area contributed by atoms with Gasteiger partial charge in [0.15, 0.2) is 0 Å². The monoisotopic (exact) mass is 193 g/mol. The van der Waals surface area contributed by atoms with Gasteiger partial charge in [-0.1, -0.05) is 11.1 Å². The van der Waals surface area contributed by atoms with Crippen LogP contribution in [0, 0.1) is 0 Å². The fraction of sp³-hybridized carbons (Fsp3) is 0.778. The third-order valence-corrected chi connectivity index (χ3v) is 2.25. The van der Waals surface area contributed by atoms with Crippen LogP contribution in [0.15, 0.2) is 11.1 Å². The van der Waals surface area contributed by atoms with Crippen LogP contribution in [-0.2, 0) is 0 Å². The van der Waals surface area contributed by atoms with E-state index in [1.54, 1.807) is 0 Å². The van der Waals surface area contributed by atoms with Crippen molar-refractivity contribution in [2.45, 2.75) is 26.4 Å². The zero-order valence-electron chi connectivity index (χ0n) is 7.91. The van der Waals surface area contributed by atoms with E-state index >= 15 is 0 Å². The molecule has 0 amide bonds. The van der Waals surface area contributed by atoms with Crippen molar-refractivity contribution in [3.63, 3.8) is 0 Å². The summed E-state index contributed by atoms with van der Waals surface area (Å²) in [5.41, 5.74) is 2.31. The molecule has 0 unspecified atom stereocenters. The highest BCUT2D eigenvalue weighted by Crippen LogP contribution is 2.23. The average Bonchev–Trinajstić information content (AvgIpc) is 2.31. The van der Waals surface area contributed by atoms with Gasteiger partial charge in [-0.3, -0.25) is 4.90 Å². The second kappa shape index (κ2) is 3.70. The van der Waals surface area contributed by atoms with Crippen molar-refractivity contribution in [2.75, 3.05) is 19.6 Å². The predicted molar refractivity (Wildman–Crippen MR) is 45.5 cm³/mol. The molecule has 1 heterocycles. The lowest BCUT2D eigenvalue weighted by Gasteiger charge is -2.16. The second-order valence-corrected chi connectivity index (χ2v) is 3.68. The summed E-state index contributed by atoms with van der Waals surface area (Å²) >= 11 is 0. The fourth-order valence-corrected chi connectivity index (χ4v) is 1.52. The number of allylic oxidation sites excluding steroid dienone is 1. The Hall–Kier alpha value is -0.510. The average molecular weight is 193 g/mol. The number of nitrogens with zero attached hydrogens (tertiary/aromatic N) is 1. The van der Waals surface area contributed by atoms with Crippen LogP contribution >= 0.6 is 0 Å². The zero-order valence-corrected chi connectivity index (χ0v) is 7.91. The highest BCUT2D eigenvalue weighted by atomic mass is 19.4. The van der Waals surface area contributed by atoms with Gasteiger partial charge in [-0.2, -0.15) is 13.2 Å². The summed E-state index contributed by atoms with van der Waals surface area (Å²) in [5, 5.41) is 0. The molecule has 0 bridgehead atoms. The maximum atomic E-state index is 12.0. The molecule has 0 spiro atoms. The Morgan fingerprint density at radius 3 is 2.38 bits per heavy atom. The maximum Gasteiger partial charge on any atom is 0.401 e. The molecule has 1 nitrogen and oxygen atoms in total. The number of rotatable bonds is 1. The molecule has 0 atom stereocenters. The van der Waals surface area contributed by atoms with Crippen LogP contribution in [0.1, 0.15) is 20.3 Å². The number of hydrogen-bond donors (Lipinski definition) is 0. The summed E-state index contributed by atoms with van der Waals surface area (Å²) in [4.78, 5) is 1.45. The van der Waals surface area contributed by atoms with Gasteiger partial charge >= 0.3 is 6.18 Å². The summed E-state index contributed by atoms with van der Waals surface area (Å²) in [7, 11) is 0. The summed E-state index contributed by atoms with van der Waals surface area (Å²) in [6, 6.07) is 0. The van der Waals surface area contributed by atoms with Gasteiger partial charge in [0.05, 0.1) is 6.54 Å². The van der Waals surface area contributed by atoms with E-state index in [-0.39, 0.29) is 0 Å². The molecule has 1 aliphatic heterocycles. The first-order valence-corrected chi connectivity index (χ1v) is 4.33. The van der Waals surface area contributed by atoms with Crippen LogP contribution in [0.5, 0.6) is 0 Å². The zero-order chi connectivity index (χ0) is 10.1. The quantitative estimate of drug-likeness (QED) is 0.578. The minimum atomic E-state index is -4.06. The Morgan fingerprint density at radius 1 is 1.38 bits per heavy atom. The molecule has 1 aliphatic rings. The molecule has 0 N–H and O–H groups in total. The number of hydrogen-bond acceptors (Lipinski definition) is 1. The topological polar surface area (TPSA) is 3.24 Å². The number of alkyl halides is 3. The van der Waals surface area contributed by atoms with E-state index in [0.717, 1.165) is 17.6 Å². The fourth-order valence-electron chi connectivity index (χ4n) is 1.52. The molecule has 1 rings (SSSR count). The van der Waals surface area contributed by atoms with Crippen molar-refractivity contribution in [2.24, 2.45) is 0 Å². The number of halogens is 3. The molecule has 0 saturated carbocycles. The normalized spacial score (nSPS) is 19.6. The lowest BCUT2D eigenvalue weighted by atomic mass is 10.1. The minimum absolute atomic E-state index is 0.488. The second-order valence-electron chi connectivity index (χ2n) is 3.68. The van der Waals surface area contributed by atoms with Crippen molar-refractivity contribution in [1.82, 2.24) is 4.90 Å². The smallest absolute Gasteiger partial charge is 0.291 e. The summed E-state index contributed by atoms with van der Waals surface area (Å²) in [6.07, 6.45) is -3.27. The van der Waals surface area contributed by atoms with E-state index in [0.29, 0.717) is 13.1 Å². The molecule has 0 aliphatic carbocycles. The lowest BCUT2D eigenvalue weighted by molar-refractivity contribution is -0.143. The van der Waals surface area contributed by atoms with Gasteiger partial charge in [0.2, 0.25) is 0 Å². The molecule has 0 aromatic rings. The summed E-state index contributed by atoms with van der Waals surface area (Å²) in [5.74, 6) is 0. The van der Waals surface area contributed by atoms with Gasteiger partial charge in [-0.25, -0.2) is 0 Å². The van der Waals surface area contributed by atoms with Crippen LogP contribution in [0.2, 0.25) is 0 Å². The molecule has 76 valence electrons. The summed E-state index contributed by atoms with van der Waals surface area (Å²) < 4.78 is 35.9. The Labute approximate surface area is 76.2 Å². The molecule has 0 radical (unpaired) electrons. The summed E-state index contributed by atoms with van der Waals surface area (Å²) in [6.45, 7) is 4.16. The van der Waals surface area contributed by atoms with Gasteiger partial charge in [0, 0.05) is 13.1 Å². The van der Waals surface area contributed by atoms with Gasteiger partial charge in [-0.15, -0.1) is 0 Å². The first-order chi connectivity index (χ1) is 5.88. The third kappa shape index (κ3) is 3.38. The first kappa shape index (κ1) is 10.6. The Kier molecular flexibility index (Phi) is 3.01. The van der Waals surface area contributed by atoms with E-state index in [1.807, 2.05) is 13.8 Å². The predicted octanol–water partition coefficient (Wildman–Crippen LogP) is 2.59. The molecule has 1 saturated heterocycles. The largest absolute Gasteiger partial charge is 0.401 e. The molecule has 0 aromatic heterocycles. The van der Waals surface area contributed by atoms with Crippen molar-refractivity contribution < 1.29 is 13.2 Å². The maximum absolute atomic E-state index is 12.0. The van der Waals surface area contributed by atoms with E-state index < -0.39 is 12.7 Å². The van der Waals surface area contributed by atoms with Gasteiger partial charge in [0.25, 0.3) is 0 Å². The standard InChI is InChI=1S/C9H14F3N/c1-7(2)8-3-4-13(5-8)6-9(10,11)12/h3-6H2,1-2H3. The van der Waals surface area contributed by atoms with Crippen LogP contribution in [0.25, 0.3) is 0 Å². The Balaban J connectivity index is 2.47. The van der Waals surface area contributed by atoms with Crippen LogP contribution < -0.4 is 0 Å².